The van der Waals surface area contributed by atoms with E-state index in [1.165, 1.54) is 0 Å². The van der Waals surface area contributed by atoms with Gasteiger partial charge in [-0.3, -0.25) is 4.79 Å². The summed E-state index contributed by atoms with van der Waals surface area (Å²) >= 11 is 0. The van der Waals surface area contributed by atoms with Crippen molar-refractivity contribution in [1.82, 2.24) is 10.3 Å². The number of hydrogen-bond acceptors (Lipinski definition) is 4. The van der Waals surface area contributed by atoms with Gasteiger partial charge in [-0.2, -0.15) is 13.2 Å². The summed E-state index contributed by atoms with van der Waals surface area (Å²) < 4.78 is 31.7. The Hall–Kier alpha value is -3.86. The molecule has 8 nitrogen and oxygen atoms in total. The summed E-state index contributed by atoms with van der Waals surface area (Å²) in [5.74, 6) is -4.31. The molecule has 2 aromatic carbocycles. The molecule has 3 aromatic rings. The summed E-state index contributed by atoms with van der Waals surface area (Å²) in [6.45, 7) is 0. The van der Waals surface area contributed by atoms with Crippen LogP contribution < -0.4 is 11.1 Å². The smallest absolute Gasteiger partial charge is 0.480 e. The molecular weight excluding hydrogens is 443 g/mol. The highest BCUT2D eigenvalue weighted by molar-refractivity contribution is 5.88. The zero-order valence-corrected chi connectivity index (χ0v) is 17.2. The van der Waals surface area contributed by atoms with Gasteiger partial charge in [0.1, 0.15) is 6.04 Å². The third-order valence-corrected chi connectivity index (χ3v) is 4.59. The maximum absolute atomic E-state index is 12.4. The first-order chi connectivity index (χ1) is 15.5. The third-order valence-electron chi connectivity index (χ3n) is 4.59. The number of aromatic nitrogens is 1. The van der Waals surface area contributed by atoms with Gasteiger partial charge in [-0.25, -0.2) is 9.59 Å². The number of alkyl halides is 3. The molecule has 1 aromatic heterocycles. The molecule has 3 rings (SSSR count). The molecule has 2 atom stereocenters. The number of para-hydroxylation sites is 1. The van der Waals surface area contributed by atoms with Gasteiger partial charge >= 0.3 is 18.1 Å². The van der Waals surface area contributed by atoms with Crippen molar-refractivity contribution >= 4 is 28.7 Å². The number of halogens is 3. The molecule has 0 bridgehead atoms. The monoisotopic (exact) mass is 465 g/mol. The molecule has 0 aliphatic rings. The number of benzene rings is 2. The molecule has 0 saturated heterocycles. The molecule has 6 N–H and O–H groups in total. The van der Waals surface area contributed by atoms with Crippen LogP contribution in [0.15, 0.2) is 60.8 Å². The van der Waals surface area contributed by atoms with E-state index in [1.54, 1.807) is 0 Å². The van der Waals surface area contributed by atoms with Gasteiger partial charge in [0.2, 0.25) is 5.91 Å². The number of rotatable bonds is 7. The molecule has 33 heavy (non-hydrogen) atoms. The lowest BCUT2D eigenvalue weighted by Crippen LogP contribution is -2.50. The van der Waals surface area contributed by atoms with Crippen LogP contribution >= 0.6 is 0 Å². The van der Waals surface area contributed by atoms with Crippen molar-refractivity contribution in [3.05, 3.63) is 71.9 Å². The second-order valence-electron chi connectivity index (χ2n) is 7.06. The summed E-state index contributed by atoms with van der Waals surface area (Å²) in [5.41, 5.74) is 8.76. The Balaban J connectivity index is 0.000000479. The number of carbonyl (C=O) groups is 3. The van der Waals surface area contributed by atoms with Crippen molar-refractivity contribution in [3.8, 4) is 0 Å². The number of carbonyl (C=O) groups excluding carboxylic acids is 1. The van der Waals surface area contributed by atoms with Gasteiger partial charge in [0.15, 0.2) is 0 Å². The zero-order chi connectivity index (χ0) is 24.6. The Bertz CT molecular complexity index is 1100. The largest absolute Gasteiger partial charge is 0.490 e. The van der Waals surface area contributed by atoms with E-state index >= 15 is 0 Å². The second-order valence-corrected chi connectivity index (χ2v) is 7.06. The van der Waals surface area contributed by atoms with Gasteiger partial charge in [-0.1, -0.05) is 48.5 Å². The Morgan fingerprint density at radius 1 is 0.970 bits per heavy atom. The summed E-state index contributed by atoms with van der Waals surface area (Å²) in [4.78, 5) is 35.9. The van der Waals surface area contributed by atoms with E-state index in [4.69, 9.17) is 15.6 Å². The Labute approximate surface area is 186 Å². The second kappa shape index (κ2) is 11.1. The van der Waals surface area contributed by atoms with E-state index < -0.39 is 36.1 Å². The van der Waals surface area contributed by atoms with Crippen molar-refractivity contribution in [2.24, 2.45) is 5.73 Å². The van der Waals surface area contributed by atoms with E-state index in [1.807, 2.05) is 60.8 Å². The normalized spacial score (nSPS) is 12.8. The summed E-state index contributed by atoms with van der Waals surface area (Å²) in [7, 11) is 0. The maximum Gasteiger partial charge on any atom is 0.490 e. The van der Waals surface area contributed by atoms with Gasteiger partial charge in [0.25, 0.3) is 0 Å². The van der Waals surface area contributed by atoms with E-state index in [0.29, 0.717) is 6.42 Å². The van der Waals surface area contributed by atoms with Crippen LogP contribution in [0.25, 0.3) is 10.9 Å². The van der Waals surface area contributed by atoms with Crippen LogP contribution in [-0.2, 0) is 27.2 Å². The predicted octanol–water partition coefficient (Wildman–Crippen LogP) is 2.48. The van der Waals surface area contributed by atoms with Crippen LogP contribution in [0.1, 0.15) is 11.1 Å². The van der Waals surface area contributed by atoms with Crippen LogP contribution in [0.3, 0.4) is 0 Å². The van der Waals surface area contributed by atoms with Crippen LogP contribution in [-0.4, -0.2) is 51.3 Å². The van der Waals surface area contributed by atoms with E-state index in [2.05, 4.69) is 10.3 Å². The highest BCUT2D eigenvalue weighted by Crippen LogP contribution is 2.19. The molecule has 176 valence electrons. The number of hydrogen-bond donors (Lipinski definition) is 5. The highest BCUT2D eigenvalue weighted by atomic mass is 19.4. The minimum Gasteiger partial charge on any atom is -0.480 e. The number of carboxylic acids is 2. The van der Waals surface area contributed by atoms with Gasteiger partial charge in [0, 0.05) is 23.5 Å². The Morgan fingerprint density at radius 3 is 2.12 bits per heavy atom. The number of aromatic amines is 1. The Morgan fingerprint density at radius 2 is 1.55 bits per heavy atom. The molecule has 0 unspecified atom stereocenters. The molecule has 0 fully saturated rings. The average molecular weight is 465 g/mol. The van der Waals surface area contributed by atoms with Gasteiger partial charge in [-0.05, 0) is 23.6 Å². The fourth-order valence-electron chi connectivity index (χ4n) is 2.96. The molecule has 1 amide bonds. The third kappa shape index (κ3) is 7.65. The Kier molecular flexibility index (Phi) is 8.57. The number of nitrogens with one attached hydrogen (secondary N) is 2. The van der Waals surface area contributed by atoms with Crippen LogP contribution in [0.4, 0.5) is 13.2 Å². The SMILES string of the molecule is N[C@@H](Cc1c[nH]c2ccccc12)C(=O)N[C@@H](Cc1ccccc1)C(=O)O.O=C(O)C(F)(F)F. The topological polar surface area (TPSA) is 146 Å². The molecule has 1 heterocycles. The summed E-state index contributed by atoms with van der Waals surface area (Å²) in [6.07, 6.45) is -2.72. The van der Waals surface area contributed by atoms with Gasteiger partial charge < -0.3 is 26.2 Å². The van der Waals surface area contributed by atoms with E-state index in [9.17, 15) is 27.9 Å². The fraction of sp³-hybridized carbons (Fsp3) is 0.227. The molecule has 0 radical (unpaired) electrons. The van der Waals surface area contributed by atoms with Crippen LogP contribution in [0.2, 0.25) is 0 Å². The van der Waals surface area contributed by atoms with Crippen molar-refractivity contribution in [2.75, 3.05) is 0 Å². The van der Waals surface area contributed by atoms with Crippen molar-refractivity contribution in [2.45, 2.75) is 31.1 Å². The molecular formula is C22H22F3N3O5. The number of fused-ring (bicyclic) bond motifs is 1. The number of carboxylic acid groups (broad SMARTS) is 2. The lowest BCUT2D eigenvalue weighted by Gasteiger charge is -2.18. The van der Waals surface area contributed by atoms with Gasteiger partial charge in [0.05, 0.1) is 6.04 Å². The molecule has 0 saturated carbocycles. The first-order valence-electron chi connectivity index (χ1n) is 9.66. The fourth-order valence-corrected chi connectivity index (χ4v) is 2.96. The molecule has 0 spiro atoms. The molecule has 0 aliphatic carbocycles. The van der Waals surface area contributed by atoms with Crippen molar-refractivity contribution in [1.29, 1.82) is 0 Å². The summed E-state index contributed by atoms with van der Waals surface area (Å²) in [6, 6.07) is 15.1. The van der Waals surface area contributed by atoms with E-state index in [0.717, 1.165) is 22.0 Å². The lowest BCUT2D eigenvalue weighted by atomic mass is 10.0. The number of amides is 1. The predicted molar refractivity (Wildman–Crippen MR) is 113 cm³/mol. The van der Waals surface area contributed by atoms with Crippen LogP contribution in [0, 0.1) is 0 Å². The zero-order valence-electron chi connectivity index (χ0n) is 17.2. The van der Waals surface area contributed by atoms with Crippen molar-refractivity contribution in [3.63, 3.8) is 0 Å². The standard InChI is InChI=1S/C20H21N3O3.C2HF3O2/c21-16(11-14-12-22-17-9-5-4-8-15(14)17)19(24)23-18(20(25)26)10-13-6-2-1-3-7-13;3-2(4,5)1(6)7/h1-9,12,16,18,22H,10-11,21H2,(H,23,24)(H,25,26);(H,6,7)/t16-,18-;/m0./s1. The maximum atomic E-state index is 12.4. The minimum atomic E-state index is -5.08. The molecule has 11 heteroatoms. The summed E-state index contributed by atoms with van der Waals surface area (Å²) in [5, 5.41) is 20.1. The quantitative estimate of drug-likeness (QED) is 0.362. The highest BCUT2D eigenvalue weighted by Gasteiger charge is 2.38. The lowest BCUT2D eigenvalue weighted by molar-refractivity contribution is -0.192. The average Bonchev–Trinajstić information content (AvgIpc) is 3.16. The molecule has 0 aliphatic heterocycles. The number of aliphatic carboxylic acids is 2. The first kappa shape index (κ1) is 25.4. The van der Waals surface area contributed by atoms with E-state index in [-0.39, 0.29) is 6.42 Å². The number of nitrogens with two attached hydrogens (primary N) is 1. The first-order valence-corrected chi connectivity index (χ1v) is 9.66. The van der Waals surface area contributed by atoms with Crippen LogP contribution in [0.5, 0.6) is 0 Å². The van der Waals surface area contributed by atoms with Gasteiger partial charge in [-0.15, -0.1) is 0 Å². The van der Waals surface area contributed by atoms with Crippen molar-refractivity contribution < 1.29 is 37.8 Å². The number of H-pyrrole nitrogens is 1. The minimum absolute atomic E-state index is 0.210.